The number of benzene rings is 1. The highest BCUT2D eigenvalue weighted by atomic mass is 16.5. The normalized spacial score (nSPS) is 24.4. The van der Waals surface area contributed by atoms with Gasteiger partial charge in [-0.25, -0.2) is 0 Å². The predicted octanol–water partition coefficient (Wildman–Crippen LogP) is 1.74. The van der Waals surface area contributed by atoms with E-state index in [0.717, 1.165) is 24.0 Å². The van der Waals surface area contributed by atoms with Gasteiger partial charge in [0.15, 0.2) is 0 Å². The number of carbonyl (C=O) groups is 1. The van der Waals surface area contributed by atoms with Crippen molar-refractivity contribution >= 4 is 5.97 Å². The summed E-state index contributed by atoms with van der Waals surface area (Å²) >= 11 is 0. The van der Waals surface area contributed by atoms with Crippen LogP contribution in [-0.4, -0.2) is 13.1 Å². The number of fused-ring (bicyclic) bond motifs is 1. The van der Waals surface area contributed by atoms with Crippen LogP contribution in [0.4, 0.5) is 0 Å². The Morgan fingerprint density at radius 2 is 2.00 bits per heavy atom. The minimum absolute atomic E-state index is 0.0575. The molecule has 1 aromatic rings. The third-order valence-corrected chi connectivity index (χ3v) is 3.02. The van der Waals surface area contributed by atoms with E-state index in [1.54, 1.807) is 0 Å². The Bertz CT molecular complexity index is 376. The van der Waals surface area contributed by atoms with Crippen LogP contribution in [0.1, 0.15) is 35.9 Å². The lowest BCUT2D eigenvalue weighted by Gasteiger charge is -2.27. The van der Waals surface area contributed by atoms with E-state index in [9.17, 15) is 4.79 Å². The molecule has 1 aliphatic rings. The molecule has 0 amide bonds. The SMILES string of the molecule is COC(=O)C1CCC(N)c2ccccc21. The fourth-order valence-electron chi connectivity index (χ4n) is 2.21. The lowest BCUT2D eigenvalue weighted by Crippen LogP contribution is -2.25. The van der Waals surface area contributed by atoms with Crippen molar-refractivity contribution in [2.45, 2.75) is 24.8 Å². The first-order chi connectivity index (χ1) is 7.24. The van der Waals surface area contributed by atoms with E-state index in [4.69, 9.17) is 10.5 Å². The molecule has 80 valence electrons. The van der Waals surface area contributed by atoms with Gasteiger partial charge in [-0.1, -0.05) is 24.3 Å². The second kappa shape index (κ2) is 4.03. The Balaban J connectivity index is 2.40. The summed E-state index contributed by atoms with van der Waals surface area (Å²) in [4.78, 5) is 11.6. The van der Waals surface area contributed by atoms with Crippen LogP contribution in [0, 0.1) is 0 Å². The van der Waals surface area contributed by atoms with Crippen molar-refractivity contribution in [3.8, 4) is 0 Å². The number of rotatable bonds is 1. The summed E-state index contributed by atoms with van der Waals surface area (Å²) < 4.78 is 4.80. The second-order valence-corrected chi connectivity index (χ2v) is 3.89. The molecular formula is C12H15NO2. The molecule has 2 atom stereocenters. The third kappa shape index (κ3) is 1.75. The fraction of sp³-hybridized carbons (Fsp3) is 0.417. The molecule has 0 radical (unpaired) electrons. The van der Waals surface area contributed by atoms with Crippen molar-refractivity contribution < 1.29 is 9.53 Å². The number of hydrogen-bond acceptors (Lipinski definition) is 3. The van der Waals surface area contributed by atoms with Gasteiger partial charge in [-0.2, -0.15) is 0 Å². The maximum atomic E-state index is 11.6. The molecule has 0 saturated heterocycles. The van der Waals surface area contributed by atoms with Crippen LogP contribution in [0.15, 0.2) is 24.3 Å². The molecule has 0 bridgehead atoms. The van der Waals surface area contributed by atoms with Crippen molar-refractivity contribution in [3.05, 3.63) is 35.4 Å². The van der Waals surface area contributed by atoms with Crippen LogP contribution in [-0.2, 0) is 9.53 Å². The van der Waals surface area contributed by atoms with Crippen molar-refractivity contribution in [2.24, 2.45) is 5.73 Å². The van der Waals surface area contributed by atoms with Gasteiger partial charge in [-0.15, -0.1) is 0 Å². The van der Waals surface area contributed by atoms with Crippen molar-refractivity contribution in [1.82, 2.24) is 0 Å². The summed E-state index contributed by atoms with van der Waals surface area (Å²) in [6.45, 7) is 0. The lowest BCUT2D eigenvalue weighted by atomic mass is 9.80. The van der Waals surface area contributed by atoms with E-state index in [1.807, 2.05) is 24.3 Å². The van der Waals surface area contributed by atoms with Gasteiger partial charge in [0.1, 0.15) is 0 Å². The molecule has 0 fully saturated rings. The van der Waals surface area contributed by atoms with Gasteiger partial charge in [-0.05, 0) is 24.0 Å². The Morgan fingerprint density at radius 1 is 1.33 bits per heavy atom. The summed E-state index contributed by atoms with van der Waals surface area (Å²) in [7, 11) is 1.43. The number of esters is 1. The maximum absolute atomic E-state index is 11.6. The Kier molecular flexibility index (Phi) is 2.73. The first kappa shape index (κ1) is 10.2. The van der Waals surface area contributed by atoms with Crippen LogP contribution in [0.3, 0.4) is 0 Å². The zero-order valence-electron chi connectivity index (χ0n) is 8.77. The van der Waals surface area contributed by atoms with Gasteiger partial charge >= 0.3 is 5.97 Å². The number of ether oxygens (including phenoxy) is 1. The first-order valence-corrected chi connectivity index (χ1v) is 5.16. The summed E-state index contributed by atoms with van der Waals surface area (Å²) in [5.74, 6) is -0.291. The van der Waals surface area contributed by atoms with Gasteiger partial charge < -0.3 is 10.5 Å². The molecule has 1 aliphatic carbocycles. The van der Waals surface area contributed by atoms with Crippen molar-refractivity contribution in [1.29, 1.82) is 0 Å². The minimum Gasteiger partial charge on any atom is -0.469 e. The molecule has 1 aromatic carbocycles. The van der Waals surface area contributed by atoms with Crippen molar-refractivity contribution in [2.75, 3.05) is 7.11 Å². The monoisotopic (exact) mass is 205 g/mol. The van der Waals surface area contributed by atoms with Crippen LogP contribution in [0.25, 0.3) is 0 Å². The topological polar surface area (TPSA) is 52.3 Å². The Labute approximate surface area is 89.2 Å². The summed E-state index contributed by atoms with van der Waals surface area (Å²) in [5, 5.41) is 0. The van der Waals surface area contributed by atoms with Gasteiger partial charge in [0.2, 0.25) is 0 Å². The summed E-state index contributed by atoms with van der Waals surface area (Å²) in [6, 6.07) is 7.91. The van der Waals surface area contributed by atoms with Crippen molar-refractivity contribution in [3.63, 3.8) is 0 Å². The third-order valence-electron chi connectivity index (χ3n) is 3.02. The van der Waals surface area contributed by atoms with Crippen LogP contribution in [0.5, 0.6) is 0 Å². The Morgan fingerprint density at radius 3 is 2.67 bits per heavy atom. The van der Waals surface area contributed by atoms with E-state index in [1.165, 1.54) is 7.11 Å². The number of methoxy groups -OCH3 is 1. The van der Waals surface area contributed by atoms with E-state index in [2.05, 4.69) is 0 Å². The summed E-state index contributed by atoms with van der Waals surface area (Å²) in [5.41, 5.74) is 8.11. The highest BCUT2D eigenvalue weighted by molar-refractivity contribution is 5.79. The van der Waals surface area contributed by atoms with E-state index < -0.39 is 0 Å². The van der Waals surface area contributed by atoms with Crippen LogP contribution < -0.4 is 5.73 Å². The zero-order valence-corrected chi connectivity index (χ0v) is 8.77. The number of nitrogens with two attached hydrogens (primary N) is 1. The number of hydrogen-bond donors (Lipinski definition) is 1. The van der Waals surface area contributed by atoms with Gasteiger partial charge in [0.05, 0.1) is 13.0 Å². The first-order valence-electron chi connectivity index (χ1n) is 5.16. The maximum Gasteiger partial charge on any atom is 0.313 e. The smallest absolute Gasteiger partial charge is 0.313 e. The average molecular weight is 205 g/mol. The van der Waals surface area contributed by atoms with Gasteiger partial charge in [-0.3, -0.25) is 4.79 Å². The largest absolute Gasteiger partial charge is 0.469 e. The number of carbonyl (C=O) groups excluding carboxylic acids is 1. The molecule has 2 rings (SSSR count). The molecule has 0 aromatic heterocycles. The second-order valence-electron chi connectivity index (χ2n) is 3.89. The van der Waals surface area contributed by atoms with Crippen LogP contribution >= 0.6 is 0 Å². The van der Waals surface area contributed by atoms with E-state index >= 15 is 0 Å². The zero-order chi connectivity index (χ0) is 10.8. The lowest BCUT2D eigenvalue weighted by molar-refractivity contribution is -0.142. The molecule has 3 nitrogen and oxygen atoms in total. The molecule has 2 unspecified atom stereocenters. The molecule has 2 N–H and O–H groups in total. The van der Waals surface area contributed by atoms with Gasteiger partial charge in [0, 0.05) is 6.04 Å². The fourth-order valence-corrected chi connectivity index (χ4v) is 2.21. The molecule has 0 heterocycles. The highest BCUT2D eigenvalue weighted by Crippen LogP contribution is 2.36. The quantitative estimate of drug-likeness (QED) is 0.710. The Hall–Kier alpha value is -1.35. The molecular weight excluding hydrogens is 190 g/mol. The average Bonchev–Trinajstić information content (AvgIpc) is 2.29. The molecule has 15 heavy (non-hydrogen) atoms. The minimum atomic E-state index is -0.158. The standard InChI is InChI=1S/C12H15NO2/c1-15-12(14)10-6-7-11(13)9-5-3-2-4-8(9)10/h2-5,10-11H,6-7,13H2,1H3. The molecule has 0 saturated carbocycles. The summed E-state index contributed by atoms with van der Waals surface area (Å²) in [6.07, 6.45) is 1.63. The predicted molar refractivity (Wildman–Crippen MR) is 57.4 cm³/mol. The van der Waals surface area contributed by atoms with E-state index in [0.29, 0.717) is 0 Å². The molecule has 3 heteroatoms. The van der Waals surface area contributed by atoms with Gasteiger partial charge in [0.25, 0.3) is 0 Å². The highest BCUT2D eigenvalue weighted by Gasteiger charge is 2.30. The molecule has 0 aliphatic heterocycles. The van der Waals surface area contributed by atoms with E-state index in [-0.39, 0.29) is 17.9 Å². The molecule has 0 spiro atoms. The van der Waals surface area contributed by atoms with Crippen LogP contribution in [0.2, 0.25) is 0 Å².